The molecule has 0 saturated carbocycles. The first-order valence-corrected chi connectivity index (χ1v) is 7.19. The Balaban J connectivity index is 2.03. The van der Waals surface area contributed by atoms with E-state index in [2.05, 4.69) is 21.0 Å². The molecule has 0 spiro atoms. The summed E-state index contributed by atoms with van der Waals surface area (Å²) < 4.78 is 0.914. The molecule has 2 aromatic rings. The molecule has 0 saturated heterocycles. The Morgan fingerprint density at radius 1 is 1.05 bits per heavy atom. The zero-order valence-electron chi connectivity index (χ0n) is 10.9. The number of hydrogen-bond donors (Lipinski definition) is 0. The molecule has 0 bridgehead atoms. The van der Waals surface area contributed by atoms with Crippen LogP contribution in [0.15, 0.2) is 64.2 Å². The van der Waals surface area contributed by atoms with Gasteiger partial charge in [0, 0.05) is 4.47 Å². The summed E-state index contributed by atoms with van der Waals surface area (Å²) in [7, 11) is 0. The van der Waals surface area contributed by atoms with Crippen molar-refractivity contribution >= 4 is 39.5 Å². The van der Waals surface area contributed by atoms with Gasteiger partial charge in [0.15, 0.2) is 0 Å². The zero-order valence-corrected chi connectivity index (χ0v) is 12.5. The van der Waals surface area contributed by atoms with E-state index < -0.39 is 5.92 Å². The van der Waals surface area contributed by atoms with E-state index in [0.717, 1.165) is 10.0 Å². The van der Waals surface area contributed by atoms with Gasteiger partial charge in [0.05, 0.1) is 11.4 Å². The van der Waals surface area contributed by atoms with Gasteiger partial charge in [-0.3, -0.25) is 4.79 Å². The number of nitrogens with zero attached hydrogens (tertiary/aromatic N) is 2. The van der Waals surface area contributed by atoms with E-state index >= 15 is 0 Å². The van der Waals surface area contributed by atoms with Crippen molar-refractivity contribution in [2.45, 2.75) is 0 Å². The average molecular weight is 343 g/mol. The molecule has 1 unspecified atom stereocenters. The van der Waals surface area contributed by atoms with E-state index in [1.165, 1.54) is 5.01 Å². The highest BCUT2D eigenvalue weighted by atomic mass is 79.9. The first-order valence-electron chi connectivity index (χ1n) is 6.39. The SMILES string of the molecule is O=CC1C(=O)N(c2ccc(Br)cc2)N=C1c1ccccc1. The quantitative estimate of drug-likeness (QED) is 0.635. The second-order valence-corrected chi connectivity index (χ2v) is 5.51. The molecule has 0 aromatic heterocycles. The number of carbonyl (C=O) groups is 2. The highest BCUT2D eigenvalue weighted by Gasteiger charge is 2.37. The minimum Gasteiger partial charge on any atom is -0.302 e. The molecule has 1 aliphatic rings. The van der Waals surface area contributed by atoms with Crippen LogP contribution >= 0.6 is 15.9 Å². The number of carbonyl (C=O) groups excluding carboxylic acids is 2. The molecule has 21 heavy (non-hydrogen) atoms. The van der Waals surface area contributed by atoms with E-state index in [4.69, 9.17) is 0 Å². The molecule has 104 valence electrons. The van der Waals surface area contributed by atoms with Gasteiger partial charge in [0.1, 0.15) is 12.2 Å². The van der Waals surface area contributed by atoms with Gasteiger partial charge in [-0.15, -0.1) is 0 Å². The third-order valence-corrected chi connectivity index (χ3v) is 3.78. The molecule has 1 heterocycles. The second kappa shape index (κ2) is 5.61. The van der Waals surface area contributed by atoms with Crippen LogP contribution in [0.4, 0.5) is 5.69 Å². The maximum Gasteiger partial charge on any atom is 0.263 e. The lowest BCUT2D eigenvalue weighted by atomic mass is 9.98. The fraction of sp³-hybridized carbons (Fsp3) is 0.0625. The summed E-state index contributed by atoms with van der Waals surface area (Å²) in [5, 5.41) is 5.63. The van der Waals surface area contributed by atoms with Gasteiger partial charge < -0.3 is 4.79 Å². The van der Waals surface area contributed by atoms with Gasteiger partial charge in [0.2, 0.25) is 0 Å². The molecule has 1 amide bonds. The summed E-state index contributed by atoms with van der Waals surface area (Å²) in [5.74, 6) is -1.18. The largest absolute Gasteiger partial charge is 0.302 e. The van der Waals surface area contributed by atoms with Crippen LogP contribution < -0.4 is 5.01 Å². The molecule has 4 nitrogen and oxygen atoms in total. The summed E-state index contributed by atoms with van der Waals surface area (Å²) in [6.07, 6.45) is 0.646. The maximum absolute atomic E-state index is 12.4. The van der Waals surface area contributed by atoms with Gasteiger partial charge >= 0.3 is 0 Å². The normalized spacial score (nSPS) is 17.8. The number of hydrazone groups is 1. The van der Waals surface area contributed by atoms with Crippen molar-refractivity contribution in [3.63, 3.8) is 0 Å². The van der Waals surface area contributed by atoms with Crippen LogP contribution in [-0.4, -0.2) is 17.9 Å². The minimum absolute atomic E-state index is 0.328. The molecule has 0 radical (unpaired) electrons. The number of rotatable bonds is 3. The number of halogens is 1. The highest BCUT2D eigenvalue weighted by Crippen LogP contribution is 2.26. The van der Waals surface area contributed by atoms with Gasteiger partial charge in [-0.1, -0.05) is 46.3 Å². The molecular formula is C16H11BrN2O2. The first kappa shape index (κ1) is 13.7. The number of benzene rings is 2. The van der Waals surface area contributed by atoms with Crippen LogP contribution in [0.1, 0.15) is 5.56 Å². The monoisotopic (exact) mass is 342 g/mol. The van der Waals surface area contributed by atoms with Crippen molar-refractivity contribution in [3.05, 3.63) is 64.6 Å². The molecular weight excluding hydrogens is 332 g/mol. The Labute approximate surface area is 130 Å². The Hall–Kier alpha value is -2.27. The van der Waals surface area contributed by atoms with Gasteiger partial charge in [0.25, 0.3) is 5.91 Å². The van der Waals surface area contributed by atoms with Crippen LogP contribution in [-0.2, 0) is 9.59 Å². The lowest BCUT2D eigenvalue weighted by Gasteiger charge is -2.12. The van der Waals surface area contributed by atoms with Crippen molar-refractivity contribution in [2.75, 3.05) is 5.01 Å². The summed E-state index contributed by atoms with van der Waals surface area (Å²) in [6, 6.07) is 16.5. The van der Waals surface area contributed by atoms with Crippen molar-refractivity contribution in [1.29, 1.82) is 0 Å². The van der Waals surface area contributed by atoms with Crippen molar-refractivity contribution in [2.24, 2.45) is 11.0 Å². The number of aldehydes is 1. The molecule has 1 atom stereocenters. The highest BCUT2D eigenvalue weighted by molar-refractivity contribution is 9.10. The van der Waals surface area contributed by atoms with Crippen LogP contribution in [0.5, 0.6) is 0 Å². The number of hydrogen-bond acceptors (Lipinski definition) is 3. The van der Waals surface area contributed by atoms with Crippen LogP contribution in [0, 0.1) is 5.92 Å². The lowest BCUT2D eigenvalue weighted by Crippen LogP contribution is -2.28. The van der Waals surface area contributed by atoms with Crippen LogP contribution in [0.25, 0.3) is 0 Å². The zero-order chi connectivity index (χ0) is 14.8. The van der Waals surface area contributed by atoms with E-state index in [1.807, 2.05) is 42.5 Å². The standard InChI is InChI=1S/C16H11BrN2O2/c17-12-6-8-13(9-7-12)19-16(21)14(10-20)15(18-19)11-4-2-1-3-5-11/h1-10,14H. The fourth-order valence-electron chi connectivity index (χ4n) is 2.20. The summed E-state index contributed by atoms with van der Waals surface area (Å²) in [5.41, 5.74) is 1.90. The summed E-state index contributed by atoms with van der Waals surface area (Å²) >= 11 is 3.35. The topological polar surface area (TPSA) is 49.7 Å². The average Bonchev–Trinajstić information content (AvgIpc) is 2.86. The van der Waals surface area contributed by atoms with Crippen LogP contribution in [0.2, 0.25) is 0 Å². The maximum atomic E-state index is 12.4. The predicted molar refractivity (Wildman–Crippen MR) is 84.2 cm³/mol. The Bertz CT molecular complexity index is 711. The minimum atomic E-state index is -0.851. The molecule has 2 aromatic carbocycles. The fourth-order valence-corrected chi connectivity index (χ4v) is 2.47. The third-order valence-electron chi connectivity index (χ3n) is 3.25. The van der Waals surface area contributed by atoms with Gasteiger partial charge in [-0.25, -0.2) is 0 Å². The summed E-state index contributed by atoms with van der Waals surface area (Å²) in [4.78, 5) is 23.7. The number of anilines is 1. The predicted octanol–water partition coefficient (Wildman–Crippen LogP) is 3.02. The molecule has 5 heteroatoms. The van der Waals surface area contributed by atoms with E-state index in [9.17, 15) is 9.59 Å². The van der Waals surface area contributed by atoms with Crippen LogP contribution in [0.3, 0.4) is 0 Å². The Kier molecular flexibility index (Phi) is 3.66. The Morgan fingerprint density at radius 2 is 1.71 bits per heavy atom. The first-order chi connectivity index (χ1) is 10.2. The lowest BCUT2D eigenvalue weighted by molar-refractivity contribution is -0.123. The van der Waals surface area contributed by atoms with E-state index in [0.29, 0.717) is 17.7 Å². The van der Waals surface area contributed by atoms with Crippen molar-refractivity contribution in [3.8, 4) is 0 Å². The van der Waals surface area contributed by atoms with Crippen molar-refractivity contribution < 1.29 is 9.59 Å². The molecule has 0 aliphatic carbocycles. The smallest absolute Gasteiger partial charge is 0.263 e. The summed E-state index contributed by atoms with van der Waals surface area (Å²) in [6.45, 7) is 0. The molecule has 3 rings (SSSR count). The molecule has 0 N–H and O–H groups in total. The van der Waals surface area contributed by atoms with Gasteiger partial charge in [-0.05, 0) is 29.8 Å². The molecule has 0 fully saturated rings. The number of amides is 1. The van der Waals surface area contributed by atoms with E-state index in [-0.39, 0.29) is 5.91 Å². The third kappa shape index (κ3) is 2.52. The Morgan fingerprint density at radius 3 is 2.33 bits per heavy atom. The van der Waals surface area contributed by atoms with Crippen molar-refractivity contribution in [1.82, 2.24) is 0 Å². The van der Waals surface area contributed by atoms with Gasteiger partial charge in [-0.2, -0.15) is 10.1 Å². The second-order valence-electron chi connectivity index (χ2n) is 4.59. The van der Waals surface area contributed by atoms with E-state index in [1.54, 1.807) is 12.1 Å². The molecule has 1 aliphatic heterocycles.